The maximum absolute atomic E-state index is 12.6. The molecule has 0 bridgehead atoms. The first-order valence-electron chi connectivity index (χ1n) is 8.83. The van der Waals surface area contributed by atoms with E-state index in [-0.39, 0.29) is 10.8 Å². The van der Waals surface area contributed by atoms with E-state index in [1.807, 2.05) is 6.08 Å². The quantitative estimate of drug-likeness (QED) is 0.626. The summed E-state index contributed by atoms with van der Waals surface area (Å²) < 4.78 is 0. The summed E-state index contributed by atoms with van der Waals surface area (Å²) in [7, 11) is 0. The maximum Gasteiger partial charge on any atom is 0.164 e. The van der Waals surface area contributed by atoms with E-state index in [2.05, 4.69) is 20.4 Å². The SMILES string of the molecule is C=C1C[C@H]2[C@@H]3CCC4=CC(=O)CC[C@]4(C)[C@H]3CC[C@]2(C)C1=O. The van der Waals surface area contributed by atoms with Crippen LogP contribution in [0.4, 0.5) is 0 Å². The minimum atomic E-state index is -0.152. The third-order valence-corrected chi connectivity index (χ3v) is 7.66. The molecule has 4 rings (SSSR count). The molecular formula is C20H26O2. The summed E-state index contributed by atoms with van der Waals surface area (Å²) in [6.07, 6.45) is 8.92. The molecular weight excluding hydrogens is 272 g/mol. The van der Waals surface area contributed by atoms with Crippen molar-refractivity contribution in [3.63, 3.8) is 0 Å². The molecule has 4 aliphatic rings. The highest BCUT2D eigenvalue weighted by atomic mass is 16.1. The normalized spacial score (nSPS) is 47.6. The van der Waals surface area contributed by atoms with Gasteiger partial charge in [0.1, 0.15) is 0 Å². The number of fused-ring (bicyclic) bond motifs is 5. The molecule has 118 valence electrons. The Morgan fingerprint density at radius 1 is 1.05 bits per heavy atom. The van der Waals surface area contributed by atoms with Gasteiger partial charge in [-0.3, -0.25) is 9.59 Å². The number of ketones is 2. The number of allylic oxidation sites excluding steroid dienone is 2. The minimum Gasteiger partial charge on any atom is -0.295 e. The number of hydrogen-bond acceptors (Lipinski definition) is 2. The molecule has 5 atom stereocenters. The highest BCUT2D eigenvalue weighted by Gasteiger charge is 2.59. The number of carbonyl (C=O) groups excluding carboxylic acids is 2. The molecule has 4 aliphatic carbocycles. The van der Waals surface area contributed by atoms with Crippen LogP contribution in [0.2, 0.25) is 0 Å². The van der Waals surface area contributed by atoms with Gasteiger partial charge in [-0.2, -0.15) is 0 Å². The van der Waals surface area contributed by atoms with Gasteiger partial charge in [0.25, 0.3) is 0 Å². The predicted octanol–water partition coefficient (Wildman–Crippen LogP) is 4.25. The van der Waals surface area contributed by atoms with Crippen molar-refractivity contribution in [3.8, 4) is 0 Å². The first-order valence-corrected chi connectivity index (χ1v) is 8.83. The van der Waals surface area contributed by atoms with Crippen LogP contribution in [0.5, 0.6) is 0 Å². The lowest BCUT2D eigenvalue weighted by atomic mass is 9.47. The fourth-order valence-electron chi connectivity index (χ4n) is 6.30. The lowest BCUT2D eigenvalue weighted by Crippen LogP contribution is -2.50. The van der Waals surface area contributed by atoms with Gasteiger partial charge in [0.15, 0.2) is 11.6 Å². The molecule has 0 saturated heterocycles. The molecule has 2 heteroatoms. The van der Waals surface area contributed by atoms with Crippen LogP contribution in [0.15, 0.2) is 23.8 Å². The van der Waals surface area contributed by atoms with Gasteiger partial charge in [0.2, 0.25) is 0 Å². The van der Waals surface area contributed by atoms with E-state index >= 15 is 0 Å². The zero-order valence-electron chi connectivity index (χ0n) is 13.8. The Morgan fingerprint density at radius 3 is 2.59 bits per heavy atom. The minimum absolute atomic E-state index is 0.152. The third-order valence-electron chi connectivity index (χ3n) is 7.66. The Labute approximate surface area is 133 Å². The van der Waals surface area contributed by atoms with E-state index < -0.39 is 0 Å². The van der Waals surface area contributed by atoms with E-state index in [1.165, 1.54) is 5.57 Å². The first-order chi connectivity index (χ1) is 10.4. The van der Waals surface area contributed by atoms with Gasteiger partial charge in [-0.1, -0.05) is 26.0 Å². The van der Waals surface area contributed by atoms with Gasteiger partial charge in [-0.15, -0.1) is 0 Å². The smallest absolute Gasteiger partial charge is 0.164 e. The molecule has 3 saturated carbocycles. The zero-order valence-corrected chi connectivity index (χ0v) is 13.8. The maximum atomic E-state index is 12.6. The van der Waals surface area contributed by atoms with Crippen molar-refractivity contribution >= 4 is 11.6 Å². The second-order valence-corrected chi connectivity index (χ2v) is 8.56. The molecule has 0 spiro atoms. The van der Waals surface area contributed by atoms with Crippen molar-refractivity contribution in [2.45, 2.75) is 58.8 Å². The fourth-order valence-corrected chi connectivity index (χ4v) is 6.30. The van der Waals surface area contributed by atoms with Crippen LogP contribution in [0, 0.1) is 28.6 Å². The van der Waals surface area contributed by atoms with Crippen LogP contribution in [-0.4, -0.2) is 11.6 Å². The zero-order chi connectivity index (χ0) is 15.7. The van der Waals surface area contributed by atoms with Crippen LogP contribution in [0.3, 0.4) is 0 Å². The summed E-state index contributed by atoms with van der Waals surface area (Å²) in [5.74, 6) is 2.43. The summed E-state index contributed by atoms with van der Waals surface area (Å²) in [5, 5.41) is 0. The topological polar surface area (TPSA) is 34.1 Å². The van der Waals surface area contributed by atoms with E-state index in [9.17, 15) is 9.59 Å². The number of rotatable bonds is 0. The highest BCUT2D eigenvalue weighted by molar-refractivity contribution is 6.02. The van der Waals surface area contributed by atoms with E-state index in [4.69, 9.17) is 0 Å². The summed E-state index contributed by atoms with van der Waals surface area (Å²) >= 11 is 0. The molecule has 0 aromatic rings. The standard InChI is InChI=1S/C20H26O2/c1-12-10-17-15-5-4-13-11-14(21)6-8-19(13,2)16(15)7-9-20(17,3)18(12)22/h11,15-17H,1,4-10H2,2-3H3/t15-,16+,17+,19+,20+/m1/s1. The van der Waals surface area contributed by atoms with E-state index in [0.717, 1.165) is 44.1 Å². The number of Topliss-reactive ketones (excluding diaryl/α,β-unsaturated/α-hetero) is 1. The van der Waals surface area contributed by atoms with E-state index in [1.54, 1.807) is 0 Å². The Balaban J connectivity index is 1.72. The van der Waals surface area contributed by atoms with E-state index in [0.29, 0.717) is 35.7 Å². The Bertz CT molecular complexity index is 613. The Kier molecular flexibility index (Phi) is 2.90. The third kappa shape index (κ3) is 1.67. The summed E-state index contributed by atoms with van der Waals surface area (Å²) in [6.45, 7) is 8.62. The van der Waals surface area contributed by atoms with Gasteiger partial charge in [0.05, 0.1) is 0 Å². The largest absolute Gasteiger partial charge is 0.295 e. The van der Waals surface area contributed by atoms with Crippen LogP contribution >= 0.6 is 0 Å². The average Bonchev–Trinajstić information content (AvgIpc) is 2.72. The molecule has 22 heavy (non-hydrogen) atoms. The molecule has 2 nitrogen and oxygen atoms in total. The summed E-state index contributed by atoms with van der Waals surface area (Å²) in [6, 6.07) is 0. The van der Waals surface area contributed by atoms with Crippen molar-refractivity contribution in [1.82, 2.24) is 0 Å². The fraction of sp³-hybridized carbons (Fsp3) is 0.700. The second-order valence-electron chi connectivity index (χ2n) is 8.56. The monoisotopic (exact) mass is 298 g/mol. The van der Waals surface area contributed by atoms with Gasteiger partial charge in [0, 0.05) is 11.8 Å². The molecule has 0 aromatic carbocycles. The second kappa shape index (κ2) is 4.43. The van der Waals surface area contributed by atoms with Crippen LogP contribution < -0.4 is 0 Å². The van der Waals surface area contributed by atoms with Crippen molar-refractivity contribution in [2.24, 2.45) is 28.6 Å². The van der Waals surface area contributed by atoms with Gasteiger partial charge >= 0.3 is 0 Å². The summed E-state index contributed by atoms with van der Waals surface area (Å²) in [5.41, 5.74) is 2.31. The first kappa shape index (κ1) is 14.4. The Morgan fingerprint density at radius 2 is 1.82 bits per heavy atom. The van der Waals surface area contributed by atoms with Gasteiger partial charge in [-0.05, 0) is 73.3 Å². The van der Waals surface area contributed by atoms with Crippen molar-refractivity contribution in [2.75, 3.05) is 0 Å². The molecule has 0 unspecified atom stereocenters. The average molecular weight is 298 g/mol. The van der Waals surface area contributed by atoms with Crippen LogP contribution in [0.1, 0.15) is 58.8 Å². The molecule has 3 fully saturated rings. The van der Waals surface area contributed by atoms with Crippen LogP contribution in [0.25, 0.3) is 0 Å². The molecule has 0 aliphatic heterocycles. The molecule has 0 aromatic heterocycles. The number of carbonyl (C=O) groups is 2. The lowest BCUT2D eigenvalue weighted by molar-refractivity contribution is -0.130. The lowest BCUT2D eigenvalue weighted by Gasteiger charge is -2.56. The van der Waals surface area contributed by atoms with Crippen molar-refractivity contribution in [1.29, 1.82) is 0 Å². The molecule has 0 heterocycles. The van der Waals surface area contributed by atoms with Gasteiger partial charge in [-0.25, -0.2) is 0 Å². The molecule has 0 N–H and O–H groups in total. The van der Waals surface area contributed by atoms with Crippen LogP contribution in [-0.2, 0) is 9.59 Å². The predicted molar refractivity (Wildman–Crippen MR) is 86.2 cm³/mol. The highest BCUT2D eigenvalue weighted by Crippen LogP contribution is 2.64. The summed E-state index contributed by atoms with van der Waals surface area (Å²) in [4.78, 5) is 24.4. The molecule has 0 amide bonds. The Hall–Kier alpha value is -1.18. The molecule has 0 radical (unpaired) electrons. The van der Waals surface area contributed by atoms with Gasteiger partial charge < -0.3 is 0 Å². The van der Waals surface area contributed by atoms with Crippen molar-refractivity contribution in [3.05, 3.63) is 23.8 Å². The van der Waals surface area contributed by atoms with Crippen molar-refractivity contribution < 1.29 is 9.59 Å². The number of hydrogen-bond donors (Lipinski definition) is 0.